The molecule has 3 heterocycles. The predicted molar refractivity (Wildman–Crippen MR) is 109 cm³/mol. The normalized spacial score (nSPS) is 22.9. The monoisotopic (exact) mass is 433 g/mol. The number of carbonyl (C=O) groups excluding carboxylic acids is 1. The Morgan fingerprint density at radius 2 is 2.04 bits per heavy atom. The lowest BCUT2D eigenvalue weighted by atomic mass is 10.1. The second-order valence-corrected chi connectivity index (χ2v) is 7.81. The van der Waals surface area contributed by atoms with Crippen LogP contribution in [0.15, 0.2) is 22.0 Å². The van der Waals surface area contributed by atoms with Gasteiger partial charge in [0, 0.05) is 38.1 Å². The Kier molecular flexibility index (Phi) is 8.05. The molecule has 1 saturated carbocycles. The van der Waals surface area contributed by atoms with Crippen molar-refractivity contribution < 1.29 is 9.32 Å². The number of aromatic nitrogens is 2. The molecule has 0 aromatic carbocycles. The van der Waals surface area contributed by atoms with E-state index < -0.39 is 0 Å². The highest BCUT2D eigenvalue weighted by Gasteiger charge is 2.32. The Hall–Kier alpha value is -1.19. The minimum Gasteiger partial charge on any atom is -0.340 e. The SMILES string of the molecule is Cl.Cl.NC1CCC(C(=O)N2CCN(Cc3nc(-c4cccs4)no3)CC2)C1. The van der Waals surface area contributed by atoms with Gasteiger partial charge in [0.2, 0.25) is 17.6 Å². The third-order valence-electron chi connectivity index (χ3n) is 5.07. The zero-order valence-corrected chi connectivity index (χ0v) is 17.4. The van der Waals surface area contributed by atoms with E-state index in [2.05, 4.69) is 15.0 Å². The van der Waals surface area contributed by atoms with Crippen LogP contribution in [0.4, 0.5) is 0 Å². The van der Waals surface area contributed by atoms with Crippen LogP contribution in [0, 0.1) is 5.92 Å². The molecule has 2 atom stereocenters. The maximum Gasteiger partial charge on any atom is 0.241 e. The summed E-state index contributed by atoms with van der Waals surface area (Å²) in [5, 5.41) is 6.05. The number of thiophene rings is 1. The Morgan fingerprint density at radius 1 is 1.26 bits per heavy atom. The molecule has 1 saturated heterocycles. The molecule has 0 spiro atoms. The number of nitrogens with zero attached hydrogens (tertiary/aromatic N) is 4. The standard InChI is InChI=1S/C17H23N5O2S.2ClH/c18-13-4-3-12(10-13)17(23)22-7-5-21(6-8-22)11-15-19-16(20-24-15)14-2-1-9-25-14;;/h1-2,9,12-13H,3-8,10-11,18H2;2*1H. The minimum atomic E-state index is 0. The molecule has 2 aliphatic rings. The van der Waals surface area contributed by atoms with Gasteiger partial charge in [0.25, 0.3) is 0 Å². The van der Waals surface area contributed by atoms with Gasteiger partial charge >= 0.3 is 0 Å². The van der Waals surface area contributed by atoms with Gasteiger partial charge in [-0.25, -0.2) is 0 Å². The largest absolute Gasteiger partial charge is 0.340 e. The highest BCUT2D eigenvalue weighted by atomic mass is 35.5. The molecule has 2 fully saturated rings. The number of nitrogens with two attached hydrogens (primary N) is 1. The van der Waals surface area contributed by atoms with E-state index in [0.717, 1.165) is 50.3 Å². The number of carbonyl (C=O) groups is 1. The molecule has 10 heteroatoms. The Morgan fingerprint density at radius 3 is 2.67 bits per heavy atom. The van der Waals surface area contributed by atoms with Gasteiger partial charge in [-0.05, 0) is 30.7 Å². The van der Waals surface area contributed by atoms with Crippen molar-refractivity contribution in [2.24, 2.45) is 11.7 Å². The fourth-order valence-electron chi connectivity index (χ4n) is 3.64. The molecule has 2 N–H and O–H groups in total. The third-order valence-corrected chi connectivity index (χ3v) is 5.94. The maximum absolute atomic E-state index is 12.6. The van der Waals surface area contributed by atoms with Crippen molar-refractivity contribution in [3.05, 3.63) is 23.4 Å². The van der Waals surface area contributed by atoms with E-state index in [-0.39, 0.29) is 42.7 Å². The van der Waals surface area contributed by atoms with Gasteiger partial charge in [0.1, 0.15) is 0 Å². The molecule has 2 aromatic rings. The first kappa shape index (κ1) is 22.1. The molecular weight excluding hydrogens is 409 g/mol. The second kappa shape index (κ2) is 9.84. The molecule has 1 aliphatic carbocycles. The average molecular weight is 434 g/mol. The highest BCUT2D eigenvalue weighted by molar-refractivity contribution is 7.13. The summed E-state index contributed by atoms with van der Waals surface area (Å²) in [5.74, 6) is 1.69. The molecule has 27 heavy (non-hydrogen) atoms. The van der Waals surface area contributed by atoms with Crippen molar-refractivity contribution >= 4 is 42.1 Å². The molecule has 2 unspecified atom stereocenters. The van der Waals surface area contributed by atoms with Crippen LogP contribution < -0.4 is 5.73 Å². The molecule has 0 bridgehead atoms. The van der Waals surface area contributed by atoms with Gasteiger partial charge in [0.05, 0.1) is 11.4 Å². The van der Waals surface area contributed by atoms with E-state index in [4.69, 9.17) is 10.3 Å². The molecule has 7 nitrogen and oxygen atoms in total. The van der Waals surface area contributed by atoms with Crippen LogP contribution in [0.1, 0.15) is 25.2 Å². The zero-order valence-electron chi connectivity index (χ0n) is 15.0. The zero-order chi connectivity index (χ0) is 17.2. The van der Waals surface area contributed by atoms with Gasteiger partial charge < -0.3 is 15.2 Å². The van der Waals surface area contributed by atoms with E-state index in [1.165, 1.54) is 0 Å². The van der Waals surface area contributed by atoms with Crippen LogP contribution in [-0.2, 0) is 11.3 Å². The van der Waals surface area contributed by atoms with E-state index in [9.17, 15) is 4.79 Å². The maximum atomic E-state index is 12.6. The van der Waals surface area contributed by atoms with Crippen molar-refractivity contribution in [3.8, 4) is 10.7 Å². The first-order valence-corrected chi connectivity index (χ1v) is 9.70. The molecule has 2 aromatic heterocycles. The lowest BCUT2D eigenvalue weighted by Crippen LogP contribution is -2.49. The number of hydrogen-bond acceptors (Lipinski definition) is 7. The number of hydrogen-bond donors (Lipinski definition) is 1. The van der Waals surface area contributed by atoms with Crippen molar-refractivity contribution in [1.82, 2.24) is 19.9 Å². The first-order valence-electron chi connectivity index (χ1n) is 8.82. The van der Waals surface area contributed by atoms with E-state index in [1.54, 1.807) is 11.3 Å². The number of piperazine rings is 1. The average Bonchev–Trinajstić information content (AvgIpc) is 3.36. The molecule has 150 valence electrons. The molecular formula is C17H25Cl2N5O2S. The van der Waals surface area contributed by atoms with Gasteiger partial charge in [-0.2, -0.15) is 4.98 Å². The van der Waals surface area contributed by atoms with Crippen LogP contribution in [-0.4, -0.2) is 58.1 Å². The van der Waals surface area contributed by atoms with Crippen molar-refractivity contribution in [2.75, 3.05) is 26.2 Å². The van der Waals surface area contributed by atoms with Crippen LogP contribution >= 0.6 is 36.2 Å². The topological polar surface area (TPSA) is 88.5 Å². The quantitative estimate of drug-likeness (QED) is 0.795. The van der Waals surface area contributed by atoms with Gasteiger partial charge in [-0.3, -0.25) is 9.69 Å². The smallest absolute Gasteiger partial charge is 0.241 e. The molecule has 1 aliphatic heterocycles. The fraction of sp³-hybridized carbons (Fsp3) is 0.588. The van der Waals surface area contributed by atoms with E-state index >= 15 is 0 Å². The molecule has 0 radical (unpaired) electrons. The molecule has 4 rings (SSSR count). The summed E-state index contributed by atoms with van der Waals surface area (Å²) >= 11 is 1.60. The third kappa shape index (κ3) is 5.20. The lowest BCUT2D eigenvalue weighted by molar-refractivity contribution is -0.137. The van der Waals surface area contributed by atoms with E-state index in [0.29, 0.717) is 18.3 Å². The summed E-state index contributed by atoms with van der Waals surface area (Å²) in [7, 11) is 0. The summed E-state index contributed by atoms with van der Waals surface area (Å²) in [6, 6.07) is 4.16. The van der Waals surface area contributed by atoms with Crippen LogP contribution in [0.5, 0.6) is 0 Å². The Bertz CT molecular complexity index is 719. The van der Waals surface area contributed by atoms with Crippen LogP contribution in [0.3, 0.4) is 0 Å². The van der Waals surface area contributed by atoms with Gasteiger partial charge in [0.15, 0.2) is 0 Å². The first-order chi connectivity index (χ1) is 12.2. The summed E-state index contributed by atoms with van der Waals surface area (Å²) in [6.07, 6.45) is 2.75. The van der Waals surface area contributed by atoms with E-state index in [1.807, 2.05) is 22.4 Å². The lowest BCUT2D eigenvalue weighted by Gasteiger charge is -2.35. The predicted octanol–water partition coefficient (Wildman–Crippen LogP) is 2.41. The molecule has 1 amide bonds. The Labute approximate surface area is 175 Å². The summed E-state index contributed by atoms with van der Waals surface area (Å²) in [6.45, 7) is 3.82. The van der Waals surface area contributed by atoms with Crippen LogP contribution in [0.25, 0.3) is 10.7 Å². The van der Waals surface area contributed by atoms with Gasteiger partial charge in [-0.1, -0.05) is 11.2 Å². The van der Waals surface area contributed by atoms with Gasteiger partial charge in [-0.15, -0.1) is 36.2 Å². The summed E-state index contributed by atoms with van der Waals surface area (Å²) in [4.78, 5) is 22.3. The summed E-state index contributed by atoms with van der Waals surface area (Å²) in [5.41, 5.74) is 5.94. The van der Waals surface area contributed by atoms with Crippen LogP contribution in [0.2, 0.25) is 0 Å². The number of halogens is 2. The fourth-order valence-corrected chi connectivity index (χ4v) is 4.29. The second-order valence-electron chi connectivity index (χ2n) is 6.86. The minimum absolute atomic E-state index is 0. The number of amides is 1. The highest BCUT2D eigenvalue weighted by Crippen LogP contribution is 2.26. The Balaban J connectivity index is 0.00000131. The van der Waals surface area contributed by atoms with Crippen molar-refractivity contribution in [2.45, 2.75) is 31.8 Å². The van der Waals surface area contributed by atoms with Crippen molar-refractivity contribution in [3.63, 3.8) is 0 Å². The summed E-state index contributed by atoms with van der Waals surface area (Å²) < 4.78 is 5.37. The number of rotatable bonds is 4. The van der Waals surface area contributed by atoms with Crippen molar-refractivity contribution in [1.29, 1.82) is 0 Å².